The van der Waals surface area contributed by atoms with Crippen LogP contribution in [-0.2, 0) is 0 Å². The van der Waals surface area contributed by atoms with Gasteiger partial charge in [-0.05, 0) is 98.2 Å². The number of para-hydroxylation sites is 3. The van der Waals surface area contributed by atoms with Crippen molar-refractivity contribution in [3.63, 3.8) is 0 Å². The van der Waals surface area contributed by atoms with Crippen molar-refractivity contribution in [3.05, 3.63) is 243 Å². The van der Waals surface area contributed by atoms with Crippen LogP contribution in [0.1, 0.15) is 0 Å². The normalized spacial score (nSPS) is 11.3. The largest absolute Gasteiger partial charge is 0.310 e. The summed E-state index contributed by atoms with van der Waals surface area (Å²) >= 11 is 0. The molecule has 0 aliphatic rings. The van der Waals surface area contributed by atoms with Crippen LogP contribution in [0.25, 0.3) is 82.8 Å². The molecular weight excluding hydrogens is 725 g/mol. The number of rotatable bonds is 8. The van der Waals surface area contributed by atoms with Crippen LogP contribution >= 0.6 is 0 Å². The summed E-state index contributed by atoms with van der Waals surface area (Å²) in [6, 6.07) is 87.9. The van der Waals surface area contributed by atoms with E-state index in [-0.39, 0.29) is 0 Å². The fraction of sp³-hybridized carbons (Fsp3) is 0. The van der Waals surface area contributed by atoms with Crippen LogP contribution < -0.4 is 4.90 Å². The smallest absolute Gasteiger partial charge is 0.0562 e. The van der Waals surface area contributed by atoms with Gasteiger partial charge < -0.3 is 9.47 Å². The Kier molecular flexibility index (Phi) is 8.87. The molecule has 0 atom stereocenters. The Morgan fingerprint density at radius 3 is 1.60 bits per heavy atom. The number of benzene rings is 10. The summed E-state index contributed by atoms with van der Waals surface area (Å²) in [6.07, 6.45) is 0. The Morgan fingerprint density at radius 2 is 0.800 bits per heavy atom. The standard InChI is InChI=1S/C58H40N2/c1-4-17-41(18-5-1)42-31-33-45(34-32-42)50-37-35-47(39-55(50)44-19-6-2-7-20-44)59(46-23-8-3-9-24-46)48-36-38-54-53-27-13-15-30-57(53)60(58(54)40-48)56-29-14-12-26-52(56)51-28-16-22-43-21-10-11-25-49(43)51/h1-40H. The van der Waals surface area contributed by atoms with E-state index in [1.807, 2.05) is 0 Å². The molecule has 11 aromatic rings. The lowest BCUT2D eigenvalue weighted by Crippen LogP contribution is -2.10. The second-order valence-electron chi connectivity index (χ2n) is 15.3. The first-order chi connectivity index (χ1) is 29.8. The van der Waals surface area contributed by atoms with Crippen LogP contribution in [0.4, 0.5) is 17.1 Å². The number of hydrogen-bond acceptors (Lipinski definition) is 1. The molecule has 11 rings (SSSR count). The van der Waals surface area contributed by atoms with E-state index in [2.05, 4.69) is 252 Å². The van der Waals surface area contributed by atoms with Gasteiger partial charge in [-0.2, -0.15) is 0 Å². The lowest BCUT2D eigenvalue weighted by atomic mass is 9.92. The first kappa shape index (κ1) is 35.2. The maximum absolute atomic E-state index is 2.46. The molecule has 0 aliphatic carbocycles. The molecule has 0 N–H and O–H groups in total. The summed E-state index contributed by atoms with van der Waals surface area (Å²) in [4.78, 5) is 2.40. The summed E-state index contributed by atoms with van der Waals surface area (Å²) in [5, 5.41) is 4.92. The molecule has 10 aromatic carbocycles. The zero-order chi connectivity index (χ0) is 39.8. The third kappa shape index (κ3) is 6.23. The highest BCUT2D eigenvalue weighted by atomic mass is 15.1. The molecule has 0 aliphatic heterocycles. The van der Waals surface area contributed by atoms with Crippen molar-refractivity contribution in [3.8, 4) is 50.2 Å². The Morgan fingerprint density at radius 1 is 0.267 bits per heavy atom. The summed E-state index contributed by atoms with van der Waals surface area (Å²) in [5.41, 5.74) is 16.3. The van der Waals surface area contributed by atoms with Gasteiger partial charge in [-0.3, -0.25) is 0 Å². The van der Waals surface area contributed by atoms with Crippen molar-refractivity contribution >= 4 is 49.6 Å². The molecule has 0 spiro atoms. The van der Waals surface area contributed by atoms with E-state index in [0.29, 0.717) is 0 Å². The Labute approximate surface area is 350 Å². The number of hydrogen-bond donors (Lipinski definition) is 0. The number of anilines is 3. The Balaban J connectivity index is 1.10. The Bertz CT molecular complexity index is 3290. The molecule has 60 heavy (non-hydrogen) atoms. The zero-order valence-electron chi connectivity index (χ0n) is 33.0. The van der Waals surface area contributed by atoms with Gasteiger partial charge in [0.2, 0.25) is 0 Å². The molecule has 2 heteroatoms. The second-order valence-corrected chi connectivity index (χ2v) is 15.3. The van der Waals surface area contributed by atoms with Crippen LogP contribution in [0.3, 0.4) is 0 Å². The van der Waals surface area contributed by atoms with E-state index >= 15 is 0 Å². The van der Waals surface area contributed by atoms with Gasteiger partial charge in [0.25, 0.3) is 0 Å². The van der Waals surface area contributed by atoms with E-state index in [4.69, 9.17) is 0 Å². The monoisotopic (exact) mass is 764 g/mol. The van der Waals surface area contributed by atoms with Gasteiger partial charge in [0.1, 0.15) is 0 Å². The third-order valence-electron chi connectivity index (χ3n) is 11.8. The van der Waals surface area contributed by atoms with Crippen LogP contribution in [0.5, 0.6) is 0 Å². The molecule has 0 bridgehead atoms. The topological polar surface area (TPSA) is 8.17 Å². The van der Waals surface area contributed by atoms with E-state index < -0.39 is 0 Å². The highest BCUT2D eigenvalue weighted by Crippen LogP contribution is 2.44. The minimum atomic E-state index is 1.08. The molecule has 0 saturated heterocycles. The van der Waals surface area contributed by atoms with Gasteiger partial charge in [0.15, 0.2) is 0 Å². The fourth-order valence-electron chi connectivity index (χ4n) is 8.99. The summed E-state index contributed by atoms with van der Waals surface area (Å²) in [6.45, 7) is 0. The molecule has 0 radical (unpaired) electrons. The van der Waals surface area contributed by atoms with Crippen molar-refractivity contribution in [1.29, 1.82) is 0 Å². The quantitative estimate of drug-likeness (QED) is 0.150. The lowest BCUT2D eigenvalue weighted by Gasteiger charge is -2.27. The number of fused-ring (bicyclic) bond motifs is 4. The first-order valence-corrected chi connectivity index (χ1v) is 20.6. The molecule has 2 nitrogen and oxygen atoms in total. The predicted octanol–water partition coefficient (Wildman–Crippen LogP) is 16.1. The van der Waals surface area contributed by atoms with E-state index in [9.17, 15) is 0 Å². The van der Waals surface area contributed by atoms with Gasteiger partial charge in [0.05, 0.1) is 16.7 Å². The number of nitrogens with zero attached hydrogens (tertiary/aromatic N) is 2. The molecule has 1 aromatic heterocycles. The molecule has 282 valence electrons. The SMILES string of the molecule is c1ccc(-c2ccc(-c3ccc(N(c4ccccc4)c4ccc5c6ccccc6n(-c6ccccc6-c6cccc7ccccc67)c5c4)cc3-c3ccccc3)cc2)cc1. The van der Waals surface area contributed by atoms with Gasteiger partial charge in [-0.15, -0.1) is 0 Å². The van der Waals surface area contributed by atoms with Crippen LogP contribution in [0.2, 0.25) is 0 Å². The summed E-state index contributed by atoms with van der Waals surface area (Å²) in [7, 11) is 0. The highest BCUT2D eigenvalue weighted by Gasteiger charge is 2.21. The minimum Gasteiger partial charge on any atom is -0.310 e. The van der Waals surface area contributed by atoms with Gasteiger partial charge in [-0.25, -0.2) is 0 Å². The summed E-state index contributed by atoms with van der Waals surface area (Å²) < 4.78 is 2.46. The summed E-state index contributed by atoms with van der Waals surface area (Å²) in [5.74, 6) is 0. The van der Waals surface area contributed by atoms with Crippen molar-refractivity contribution < 1.29 is 0 Å². The molecule has 0 fully saturated rings. The molecule has 0 unspecified atom stereocenters. The van der Waals surface area contributed by atoms with Crippen molar-refractivity contribution in [2.45, 2.75) is 0 Å². The van der Waals surface area contributed by atoms with Crippen LogP contribution in [-0.4, -0.2) is 4.57 Å². The number of aromatic nitrogens is 1. The van der Waals surface area contributed by atoms with E-state index in [1.54, 1.807) is 0 Å². The lowest BCUT2D eigenvalue weighted by molar-refractivity contribution is 1.18. The van der Waals surface area contributed by atoms with Gasteiger partial charge in [-0.1, -0.05) is 194 Å². The first-order valence-electron chi connectivity index (χ1n) is 20.6. The fourth-order valence-corrected chi connectivity index (χ4v) is 8.99. The predicted molar refractivity (Wildman–Crippen MR) is 255 cm³/mol. The molecule has 1 heterocycles. The highest BCUT2D eigenvalue weighted by molar-refractivity contribution is 6.11. The molecule has 0 saturated carbocycles. The average Bonchev–Trinajstić information content (AvgIpc) is 3.66. The van der Waals surface area contributed by atoms with E-state index in [1.165, 1.54) is 71.6 Å². The average molecular weight is 765 g/mol. The maximum Gasteiger partial charge on any atom is 0.0562 e. The Hall–Kier alpha value is -7.94. The third-order valence-corrected chi connectivity index (χ3v) is 11.8. The second kappa shape index (κ2) is 15.1. The van der Waals surface area contributed by atoms with E-state index in [0.717, 1.165) is 28.3 Å². The molecular formula is C58H40N2. The van der Waals surface area contributed by atoms with Crippen molar-refractivity contribution in [2.75, 3.05) is 4.90 Å². The van der Waals surface area contributed by atoms with Crippen molar-refractivity contribution in [2.24, 2.45) is 0 Å². The van der Waals surface area contributed by atoms with Crippen molar-refractivity contribution in [1.82, 2.24) is 4.57 Å². The van der Waals surface area contributed by atoms with Crippen LogP contribution in [0.15, 0.2) is 243 Å². The van der Waals surface area contributed by atoms with Gasteiger partial charge >= 0.3 is 0 Å². The van der Waals surface area contributed by atoms with Gasteiger partial charge in [0, 0.05) is 33.4 Å². The minimum absolute atomic E-state index is 1.08. The maximum atomic E-state index is 2.46. The molecule has 0 amide bonds. The van der Waals surface area contributed by atoms with Crippen LogP contribution in [0, 0.1) is 0 Å². The zero-order valence-corrected chi connectivity index (χ0v) is 33.0.